The van der Waals surface area contributed by atoms with Crippen molar-refractivity contribution in [2.24, 2.45) is 0 Å². The zero-order chi connectivity index (χ0) is 15.1. The van der Waals surface area contributed by atoms with Crippen molar-refractivity contribution in [2.45, 2.75) is 46.3 Å². The Morgan fingerprint density at radius 2 is 1.71 bits per heavy atom. The molecule has 2 aromatic carbocycles. The topological polar surface area (TPSA) is 21.3 Å². The summed E-state index contributed by atoms with van der Waals surface area (Å²) in [5.74, 6) is 0.931. The van der Waals surface area contributed by atoms with E-state index in [0.29, 0.717) is 0 Å². The number of rotatable bonds is 7. The molecular formula is C19H25NO. The Kier molecular flexibility index (Phi) is 5.68. The number of hydrogen-bond donors (Lipinski definition) is 1. The maximum atomic E-state index is 5.66. The maximum Gasteiger partial charge on any atom is 0.119 e. The summed E-state index contributed by atoms with van der Waals surface area (Å²) in [4.78, 5) is 0. The van der Waals surface area contributed by atoms with Gasteiger partial charge in [-0.3, -0.25) is 0 Å². The standard InChI is InChI=1S/C19H25NO/c1-4-7-17-8-5-6-9-19(17)20-14-16-10-12-18(13-11-16)21-15(2)3/h5-6,8-13,15,20H,4,7,14H2,1-3H3. The minimum absolute atomic E-state index is 0.217. The van der Waals surface area contributed by atoms with Crippen molar-refractivity contribution in [3.05, 3.63) is 59.7 Å². The van der Waals surface area contributed by atoms with E-state index in [0.717, 1.165) is 18.7 Å². The maximum absolute atomic E-state index is 5.66. The van der Waals surface area contributed by atoms with Gasteiger partial charge >= 0.3 is 0 Å². The Hall–Kier alpha value is -1.96. The van der Waals surface area contributed by atoms with Crippen LogP contribution >= 0.6 is 0 Å². The van der Waals surface area contributed by atoms with Gasteiger partial charge in [-0.2, -0.15) is 0 Å². The van der Waals surface area contributed by atoms with E-state index in [1.807, 2.05) is 26.0 Å². The normalized spacial score (nSPS) is 10.7. The highest BCUT2D eigenvalue weighted by atomic mass is 16.5. The second-order valence-corrected chi connectivity index (χ2v) is 5.57. The van der Waals surface area contributed by atoms with Gasteiger partial charge in [-0.05, 0) is 49.6 Å². The molecule has 0 saturated carbocycles. The lowest BCUT2D eigenvalue weighted by Gasteiger charge is -2.13. The third kappa shape index (κ3) is 4.82. The lowest BCUT2D eigenvalue weighted by Crippen LogP contribution is -2.06. The molecule has 0 fully saturated rings. The lowest BCUT2D eigenvalue weighted by molar-refractivity contribution is 0.242. The molecule has 2 heteroatoms. The number of para-hydroxylation sites is 1. The van der Waals surface area contributed by atoms with Crippen LogP contribution < -0.4 is 10.1 Å². The SMILES string of the molecule is CCCc1ccccc1NCc1ccc(OC(C)C)cc1. The number of nitrogens with one attached hydrogen (secondary N) is 1. The van der Waals surface area contributed by atoms with Gasteiger partial charge in [-0.1, -0.05) is 43.7 Å². The van der Waals surface area contributed by atoms with E-state index in [-0.39, 0.29) is 6.10 Å². The fourth-order valence-electron chi connectivity index (χ4n) is 2.34. The van der Waals surface area contributed by atoms with E-state index in [1.54, 1.807) is 0 Å². The van der Waals surface area contributed by atoms with Crippen LogP contribution in [0.4, 0.5) is 5.69 Å². The molecule has 0 aromatic heterocycles. The average Bonchev–Trinajstić information content (AvgIpc) is 2.48. The van der Waals surface area contributed by atoms with Crippen molar-refractivity contribution in [1.29, 1.82) is 0 Å². The number of hydrogen-bond acceptors (Lipinski definition) is 2. The summed E-state index contributed by atoms with van der Waals surface area (Å²) in [5.41, 5.74) is 3.89. The van der Waals surface area contributed by atoms with E-state index in [4.69, 9.17) is 4.74 Å². The van der Waals surface area contributed by atoms with E-state index in [1.165, 1.54) is 23.2 Å². The first-order valence-electron chi connectivity index (χ1n) is 7.76. The van der Waals surface area contributed by atoms with Crippen molar-refractivity contribution < 1.29 is 4.74 Å². The molecule has 2 rings (SSSR count). The summed E-state index contributed by atoms with van der Waals surface area (Å²) in [6.07, 6.45) is 2.50. The molecule has 0 spiro atoms. The summed E-state index contributed by atoms with van der Waals surface area (Å²) in [7, 11) is 0. The van der Waals surface area contributed by atoms with E-state index in [9.17, 15) is 0 Å². The molecule has 0 saturated heterocycles. The number of aryl methyl sites for hydroxylation is 1. The molecule has 112 valence electrons. The molecule has 0 heterocycles. The highest BCUT2D eigenvalue weighted by Crippen LogP contribution is 2.19. The van der Waals surface area contributed by atoms with Crippen LogP contribution in [0.15, 0.2) is 48.5 Å². The van der Waals surface area contributed by atoms with Crippen molar-refractivity contribution in [3.63, 3.8) is 0 Å². The van der Waals surface area contributed by atoms with Gasteiger partial charge in [0, 0.05) is 12.2 Å². The Labute approximate surface area is 128 Å². The molecule has 0 amide bonds. The predicted octanol–water partition coefficient (Wildman–Crippen LogP) is 5.04. The number of benzene rings is 2. The van der Waals surface area contributed by atoms with Crippen LogP contribution in [0.3, 0.4) is 0 Å². The molecule has 2 aromatic rings. The summed E-state index contributed by atoms with van der Waals surface area (Å²) in [5, 5.41) is 3.53. The highest BCUT2D eigenvalue weighted by molar-refractivity contribution is 5.51. The van der Waals surface area contributed by atoms with Crippen molar-refractivity contribution in [3.8, 4) is 5.75 Å². The van der Waals surface area contributed by atoms with Crippen LogP contribution in [0, 0.1) is 0 Å². The third-order valence-electron chi connectivity index (χ3n) is 3.31. The Morgan fingerprint density at radius 3 is 2.38 bits per heavy atom. The van der Waals surface area contributed by atoms with Gasteiger partial charge in [-0.25, -0.2) is 0 Å². The van der Waals surface area contributed by atoms with E-state index in [2.05, 4.69) is 48.6 Å². The smallest absolute Gasteiger partial charge is 0.119 e. The first kappa shape index (κ1) is 15.4. The summed E-state index contributed by atoms with van der Waals surface area (Å²) in [6, 6.07) is 16.9. The first-order valence-corrected chi connectivity index (χ1v) is 7.76. The van der Waals surface area contributed by atoms with Crippen molar-refractivity contribution >= 4 is 5.69 Å². The first-order chi connectivity index (χ1) is 10.2. The van der Waals surface area contributed by atoms with Gasteiger partial charge in [0.1, 0.15) is 5.75 Å². The molecule has 0 atom stereocenters. The van der Waals surface area contributed by atoms with Crippen molar-refractivity contribution in [2.75, 3.05) is 5.32 Å². The zero-order valence-corrected chi connectivity index (χ0v) is 13.2. The van der Waals surface area contributed by atoms with Crippen molar-refractivity contribution in [1.82, 2.24) is 0 Å². The van der Waals surface area contributed by atoms with Crippen LogP contribution in [0.1, 0.15) is 38.3 Å². The highest BCUT2D eigenvalue weighted by Gasteiger charge is 2.01. The molecule has 0 radical (unpaired) electrons. The molecule has 0 aliphatic carbocycles. The van der Waals surface area contributed by atoms with Gasteiger partial charge < -0.3 is 10.1 Å². The van der Waals surface area contributed by atoms with Gasteiger partial charge in [-0.15, -0.1) is 0 Å². The van der Waals surface area contributed by atoms with Gasteiger partial charge in [0.2, 0.25) is 0 Å². The molecular weight excluding hydrogens is 258 g/mol. The van der Waals surface area contributed by atoms with Gasteiger partial charge in [0.25, 0.3) is 0 Å². The van der Waals surface area contributed by atoms with E-state index < -0.39 is 0 Å². The van der Waals surface area contributed by atoms with Gasteiger partial charge in [0.05, 0.1) is 6.10 Å². The minimum Gasteiger partial charge on any atom is -0.491 e. The van der Waals surface area contributed by atoms with Crippen LogP contribution in [0.5, 0.6) is 5.75 Å². The summed E-state index contributed by atoms with van der Waals surface area (Å²) in [6.45, 7) is 7.13. The Balaban J connectivity index is 1.96. The lowest BCUT2D eigenvalue weighted by atomic mass is 10.1. The molecule has 21 heavy (non-hydrogen) atoms. The predicted molar refractivity (Wildman–Crippen MR) is 90.0 cm³/mol. The Morgan fingerprint density at radius 1 is 1.00 bits per heavy atom. The van der Waals surface area contributed by atoms with Gasteiger partial charge in [0.15, 0.2) is 0 Å². The molecule has 0 bridgehead atoms. The molecule has 1 N–H and O–H groups in total. The van der Waals surface area contributed by atoms with Crippen LogP contribution in [-0.2, 0) is 13.0 Å². The third-order valence-corrected chi connectivity index (χ3v) is 3.31. The fraction of sp³-hybridized carbons (Fsp3) is 0.368. The van der Waals surface area contributed by atoms with E-state index >= 15 is 0 Å². The van der Waals surface area contributed by atoms with Crippen LogP contribution in [-0.4, -0.2) is 6.10 Å². The average molecular weight is 283 g/mol. The molecule has 2 nitrogen and oxygen atoms in total. The molecule has 0 aliphatic rings. The van der Waals surface area contributed by atoms with Crippen LogP contribution in [0.25, 0.3) is 0 Å². The monoisotopic (exact) mass is 283 g/mol. The zero-order valence-electron chi connectivity index (χ0n) is 13.2. The fourth-order valence-corrected chi connectivity index (χ4v) is 2.34. The number of ether oxygens (including phenoxy) is 1. The second kappa shape index (κ2) is 7.72. The second-order valence-electron chi connectivity index (χ2n) is 5.57. The quantitative estimate of drug-likeness (QED) is 0.768. The number of anilines is 1. The van der Waals surface area contributed by atoms with Crippen LogP contribution in [0.2, 0.25) is 0 Å². The Bertz CT molecular complexity index is 546. The molecule has 0 unspecified atom stereocenters. The summed E-state index contributed by atoms with van der Waals surface area (Å²) < 4.78 is 5.66. The molecule has 0 aliphatic heterocycles. The largest absolute Gasteiger partial charge is 0.491 e. The summed E-state index contributed by atoms with van der Waals surface area (Å²) >= 11 is 0. The minimum atomic E-state index is 0.217.